The molecule has 0 saturated carbocycles. The fraction of sp³-hybridized carbons (Fsp3) is 0.280. The lowest BCUT2D eigenvalue weighted by molar-refractivity contribution is -0.119. The van der Waals surface area contributed by atoms with Crippen LogP contribution in [0.3, 0.4) is 0 Å². The summed E-state index contributed by atoms with van der Waals surface area (Å²) in [6, 6.07) is 12.1. The SMILES string of the molecule is [2H]C1[13C](=O)N(c2ccc(N3CCc4c(C(N)=O)nn(-c5ccc(OC)cc5)c4C3=O)cc2)C([2H])([2H])C([2H])([2H])C1([2H])[2H]. The zero-order valence-corrected chi connectivity index (χ0v) is 18.1. The molecule has 3 heterocycles. The van der Waals surface area contributed by atoms with Gasteiger partial charge in [0.2, 0.25) is 5.91 Å². The molecule has 9 nitrogen and oxygen atoms in total. The number of hydrogen-bond donors (Lipinski definition) is 1. The molecule has 0 radical (unpaired) electrons. The number of amides is 3. The zero-order chi connectivity index (χ0) is 30.1. The summed E-state index contributed by atoms with van der Waals surface area (Å²) < 4.78 is 63.0. The van der Waals surface area contributed by atoms with Gasteiger partial charge in [-0.05, 0) is 67.7 Å². The Kier molecular flexibility index (Phi) is 3.79. The van der Waals surface area contributed by atoms with Gasteiger partial charge in [-0.15, -0.1) is 0 Å². The van der Waals surface area contributed by atoms with Crippen LogP contribution >= 0.6 is 0 Å². The zero-order valence-electron chi connectivity index (χ0n) is 25.1. The fourth-order valence-corrected chi connectivity index (χ4v) is 3.99. The number of carbonyl (C=O) groups excluding carboxylic acids is 3. The Labute approximate surface area is 206 Å². The van der Waals surface area contributed by atoms with Crippen LogP contribution in [0.5, 0.6) is 5.75 Å². The number of primary amides is 1. The van der Waals surface area contributed by atoms with E-state index in [-0.39, 0.29) is 30.0 Å². The average molecular weight is 468 g/mol. The molecule has 2 N–H and O–H groups in total. The minimum Gasteiger partial charge on any atom is -0.497 e. The van der Waals surface area contributed by atoms with Crippen LogP contribution in [0.1, 0.15) is 55.3 Å². The van der Waals surface area contributed by atoms with Crippen molar-refractivity contribution in [3.63, 3.8) is 0 Å². The maximum atomic E-state index is 13.8. The van der Waals surface area contributed by atoms with Crippen LogP contribution in [-0.4, -0.2) is 47.7 Å². The molecule has 1 aromatic heterocycles. The molecule has 1 atom stereocenters. The summed E-state index contributed by atoms with van der Waals surface area (Å²) in [6.07, 6.45) is -8.21. The number of ether oxygens (including phenoxy) is 1. The maximum Gasteiger partial charge on any atom is 0.277 e. The number of hydrogen-bond acceptors (Lipinski definition) is 5. The molecule has 0 aliphatic carbocycles. The first-order chi connectivity index (χ1) is 19.1. The summed E-state index contributed by atoms with van der Waals surface area (Å²) in [6.45, 7) is -2.96. The van der Waals surface area contributed by atoms with Gasteiger partial charge in [0.1, 0.15) is 11.4 Å². The Morgan fingerprint density at radius 3 is 2.29 bits per heavy atom. The number of piperidine rings is 1. The second-order valence-corrected chi connectivity index (χ2v) is 7.57. The minimum absolute atomic E-state index is 0.0240. The van der Waals surface area contributed by atoms with Gasteiger partial charge < -0.3 is 20.3 Å². The molecule has 3 aromatic rings. The van der Waals surface area contributed by atoms with Gasteiger partial charge in [0.25, 0.3) is 11.8 Å². The van der Waals surface area contributed by atoms with E-state index in [0.717, 1.165) is 0 Å². The van der Waals surface area contributed by atoms with Crippen LogP contribution in [-0.2, 0) is 11.2 Å². The number of fused-ring (bicyclic) bond motifs is 1. The first-order valence-electron chi connectivity index (χ1n) is 14.0. The lowest BCUT2D eigenvalue weighted by Gasteiger charge is -2.29. The van der Waals surface area contributed by atoms with Crippen LogP contribution in [0.2, 0.25) is 0 Å². The van der Waals surface area contributed by atoms with E-state index < -0.39 is 43.4 Å². The van der Waals surface area contributed by atoms with Crippen molar-refractivity contribution >= 4 is 29.1 Å². The van der Waals surface area contributed by atoms with Crippen molar-refractivity contribution in [3.8, 4) is 11.4 Å². The summed E-state index contributed by atoms with van der Waals surface area (Å²) in [5.74, 6) is -1.93. The molecule has 0 bridgehead atoms. The van der Waals surface area contributed by atoms with Crippen molar-refractivity contribution in [1.82, 2.24) is 9.78 Å². The molecular formula is C25H25N5O4. The molecule has 1 unspecified atom stereocenters. The van der Waals surface area contributed by atoms with E-state index in [0.29, 0.717) is 27.6 Å². The summed E-state index contributed by atoms with van der Waals surface area (Å²) in [4.78, 5) is 40.6. The van der Waals surface area contributed by atoms with E-state index in [1.54, 1.807) is 24.3 Å². The highest BCUT2D eigenvalue weighted by Crippen LogP contribution is 2.31. The van der Waals surface area contributed by atoms with Gasteiger partial charge >= 0.3 is 0 Å². The van der Waals surface area contributed by atoms with Crippen molar-refractivity contribution in [2.45, 2.75) is 25.6 Å². The molecule has 9 heteroatoms. The molecule has 34 heavy (non-hydrogen) atoms. The van der Waals surface area contributed by atoms with Gasteiger partial charge in [0.15, 0.2) is 5.69 Å². The molecule has 0 spiro atoms. The van der Waals surface area contributed by atoms with Crippen LogP contribution in [0, 0.1) is 0 Å². The van der Waals surface area contributed by atoms with Gasteiger partial charge in [-0.2, -0.15) is 5.10 Å². The Balaban J connectivity index is 1.51. The summed E-state index contributed by atoms with van der Waals surface area (Å²) in [5, 5.41) is 4.31. The van der Waals surface area contributed by atoms with E-state index >= 15 is 0 Å². The number of nitrogens with zero attached hydrogens (tertiary/aromatic N) is 4. The molecule has 2 aliphatic heterocycles. The standard InChI is InChI=1S/C25H25N5O4/c1-34-19-11-9-18(10-12-19)30-23-20(22(27-30)24(26)32)13-15-29(25(23)33)17-7-5-16(6-8-17)28-14-3-2-4-21(28)31/h5-12H,2-4,13-15H2,1H3,(H2,26,32)/i2D2,3D2,4D,14D2,21+1. The monoisotopic (exact) mass is 467 g/mol. The van der Waals surface area contributed by atoms with Crippen LogP contribution in [0.4, 0.5) is 11.4 Å². The maximum absolute atomic E-state index is 13.8. The predicted octanol–water partition coefficient (Wildman–Crippen LogP) is 2.70. The van der Waals surface area contributed by atoms with Crippen LogP contribution in [0.25, 0.3) is 5.69 Å². The van der Waals surface area contributed by atoms with E-state index in [4.69, 9.17) is 20.1 Å². The molecule has 1 saturated heterocycles. The average Bonchev–Trinajstić information content (AvgIpc) is 3.33. The molecule has 2 aromatic carbocycles. The van der Waals surface area contributed by atoms with Gasteiger partial charge in [0.05, 0.1) is 12.8 Å². The lowest BCUT2D eigenvalue weighted by atomic mass is 10.0. The minimum atomic E-state index is -3.20. The Morgan fingerprint density at radius 2 is 1.65 bits per heavy atom. The topological polar surface area (TPSA) is 111 Å². The third-order valence-corrected chi connectivity index (χ3v) is 5.64. The van der Waals surface area contributed by atoms with Crippen molar-refractivity contribution in [1.29, 1.82) is 0 Å². The van der Waals surface area contributed by atoms with Gasteiger partial charge in [-0.3, -0.25) is 14.4 Å². The summed E-state index contributed by atoms with van der Waals surface area (Å²) in [5.41, 5.74) is 6.80. The highest BCUT2D eigenvalue weighted by Gasteiger charge is 2.34. The van der Waals surface area contributed by atoms with E-state index in [2.05, 4.69) is 5.10 Å². The number of aromatic nitrogens is 2. The van der Waals surface area contributed by atoms with Gasteiger partial charge in [-0.1, -0.05) is 0 Å². The summed E-state index contributed by atoms with van der Waals surface area (Å²) >= 11 is 0. The van der Waals surface area contributed by atoms with Crippen LogP contribution in [0.15, 0.2) is 48.5 Å². The number of benzene rings is 2. The highest BCUT2D eigenvalue weighted by molar-refractivity contribution is 6.09. The Morgan fingerprint density at radius 1 is 1.00 bits per heavy atom. The van der Waals surface area contributed by atoms with Crippen molar-refractivity contribution in [2.75, 3.05) is 30.0 Å². The van der Waals surface area contributed by atoms with Crippen molar-refractivity contribution in [3.05, 3.63) is 65.5 Å². The van der Waals surface area contributed by atoms with Gasteiger partial charge in [0, 0.05) is 46.0 Å². The second-order valence-electron chi connectivity index (χ2n) is 7.57. The Bertz CT molecular complexity index is 1560. The first kappa shape index (κ1) is 14.9. The van der Waals surface area contributed by atoms with E-state index in [9.17, 15) is 14.4 Å². The molecule has 3 amide bonds. The Hall–Kier alpha value is -4.14. The largest absolute Gasteiger partial charge is 0.497 e. The molecule has 174 valence electrons. The number of anilines is 2. The number of nitrogens with two attached hydrogens (primary N) is 1. The third-order valence-electron chi connectivity index (χ3n) is 5.64. The number of rotatable bonds is 5. The fourth-order valence-electron chi connectivity index (χ4n) is 3.99. The quantitative estimate of drug-likeness (QED) is 0.580. The second kappa shape index (κ2) is 8.66. The number of methoxy groups -OCH3 is 1. The molecule has 1 fully saturated rings. The predicted molar refractivity (Wildman–Crippen MR) is 127 cm³/mol. The van der Waals surface area contributed by atoms with Crippen molar-refractivity contribution in [2.24, 2.45) is 5.73 Å². The number of carbonyl (C=O) groups is 3. The van der Waals surface area contributed by atoms with E-state index in [1.807, 2.05) is 0 Å². The first-order valence-corrected chi connectivity index (χ1v) is 10.4. The third kappa shape index (κ3) is 3.68. The molecule has 2 aliphatic rings. The van der Waals surface area contributed by atoms with Crippen LogP contribution < -0.4 is 20.3 Å². The highest BCUT2D eigenvalue weighted by atomic mass is 16.5. The molecular weight excluding hydrogens is 435 g/mol. The smallest absolute Gasteiger partial charge is 0.277 e. The van der Waals surface area contributed by atoms with Crippen molar-refractivity contribution < 1.29 is 28.7 Å². The lowest BCUT2D eigenvalue weighted by Crippen LogP contribution is -2.39. The molecule has 5 rings (SSSR count). The van der Waals surface area contributed by atoms with E-state index in [1.165, 1.54) is 41.0 Å². The summed E-state index contributed by atoms with van der Waals surface area (Å²) in [7, 11) is 1.51. The van der Waals surface area contributed by atoms with Gasteiger partial charge in [-0.25, -0.2) is 4.68 Å². The normalized spacial score (nSPS) is 25.6.